The molecule has 0 aliphatic carbocycles. The van der Waals surface area contributed by atoms with Gasteiger partial charge in [0.25, 0.3) is 0 Å². The van der Waals surface area contributed by atoms with E-state index < -0.39 is 0 Å². The first kappa shape index (κ1) is 14.3. The molecule has 2 heterocycles. The molecular weight excluding hydrogens is 234 g/mol. The first-order valence-electron chi connectivity index (χ1n) is 7.62. The molecule has 3 nitrogen and oxygen atoms in total. The van der Waals surface area contributed by atoms with Gasteiger partial charge in [0.15, 0.2) is 0 Å². The molecule has 1 aliphatic rings. The topological polar surface area (TPSA) is 28.2 Å². The first-order valence-corrected chi connectivity index (χ1v) is 7.62. The number of pyridine rings is 1. The third-order valence-electron chi connectivity index (χ3n) is 4.46. The summed E-state index contributed by atoms with van der Waals surface area (Å²) in [5.74, 6) is 1.88. The van der Waals surface area contributed by atoms with Gasteiger partial charge in [-0.3, -0.25) is 0 Å². The summed E-state index contributed by atoms with van der Waals surface area (Å²) in [5, 5.41) is 3.79. The average molecular weight is 261 g/mol. The van der Waals surface area contributed by atoms with Crippen molar-refractivity contribution in [2.24, 2.45) is 5.92 Å². The van der Waals surface area contributed by atoms with Crippen LogP contribution in [0.15, 0.2) is 24.4 Å². The molecule has 2 unspecified atom stereocenters. The van der Waals surface area contributed by atoms with E-state index in [2.05, 4.69) is 48.1 Å². The lowest BCUT2D eigenvalue weighted by molar-refractivity contribution is 0.315. The summed E-state index contributed by atoms with van der Waals surface area (Å²) in [6, 6.07) is 7.44. The molecule has 1 fully saturated rings. The number of anilines is 1. The van der Waals surface area contributed by atoms with Gasteiger partial charge in [0.05, 0.1) is 0 Å². The number of aromatic nitrogens is 1. The van der Waals surface area contributed by atoms with Gasteiger partial charge in [-0.15, -0.1) is 0 Å². The Labute approximate surface area is 117 Å². The molecule has 0 bridgehead atoms. The smallest absolute Gasteiger partial charge is 0.128 e. The third kappa shape index (κ3) is 3.93. The molecule has 2 atom stereocenters. The highest BCUT2D eigenvalue weighted by molar-refractivity contribution is 5.38. The van der Waals surface area contributed by atoms with E-state index in [0.29, 0.717) is 12.1 Å². The summed E-state index contributed by atoms with van der Waals surface area (Å²) in [7, 11) is 0. The number of piperidine rings is 1. The van der Waals surface area contributed by atoms with E-state index in [1.54, 1.807) is 0 Å². The predicted molar refractivity (Wildman–Crippen MR) is 81.5 cm³/mol. The molecule has 1 N–H and O–H groups in total. The Balaban J connectivity index is 1.80. The lowest BCUT2D eigenvalue weighted by Gasteiger charge is -2.35. The van der Waals surface area contributed by atoms with Crippen LogP contribution in [0.5, 0.6) is 0 Å². The van der Waals surface area contributed by atoms with Crippen molar-refractivity contribution in [3.63, 3.8) is 0 Å². The normalized spacial score (nSPS) is 20.3. The lowest BCUT2D eigenvalue weighted by Crippen LogP contribution is -2.47. The van der Waals surface area contributed by atoms with Crippen LogP contribution < -0.4 is 10.2 Å². The Kier molecular flexibility index (Phi) is 5.20. The molecule has 19 heavy (non-hydrogen) atoms. The van der Waals surface area contributed by atoms with Crippen molar-refractivity contribution in [3.05, 3.63) is 24.4 Å². The average Bonchev–Trinajstić information content (AvgIpc) is 2.48. The quantitative estimate of drug-likeness (QED) is 0.883. The Bertz CT molecular complexity index is 358. The molecule has 0 amide bonds. The zero-order valence-corrected chi connectivity index (χ0v) is 12.5. The number of nitrogens with one attached hydrogen (secondary N) is 1. The highest BCUT2D eigenvalue weighted by Gasteiger charge is 2.22. The molecule has 3 heteroatoms. The molecule has 0 aromatic carbocycles. The van der Waals surface area contributed by atoms with E-state index in [-0.39, 0.29) is 0 Å². The van der Waals surface area contributed by atoms with Crippen LogP contribution in [-0.2, 0) is 0 Å². The van der Waals surface area contributed by atoms with Crippen molar-refractivity contribution in [2.45, 2.75) is 52.1 Å². The van der Waals surface area contributed by atoms with Crippen LogP contribution >= 0.6 is 0 Å². The molecule has 2 rings (SSSR count). The van der Waals surface area contributed by atoms with Gasteiger partial charge in [-0.05, 0) is 37.8 Å². The van der Waals surface area contributed by atoms with E-state index >= 15 is 0 Å². The second kappa shape index (κ2) is 6.90. The fourth-order valence-corrected chi connectivity index (χ4v) is 2.71. The number of hydrogen-bond donors (Lipinski definition) is 1. The van der Waals surface area contributed by atoms with Gasteiger partial charge in [0, 0.05) is 31.4 Å². The minimum absolute atomic E-state index is 0.622. The fraction of sp³-hybridized carbons (Fsp3) is 0.688. The second-order valence-electron chi connectivity index (χ2n) is 5.79. The molecule has 1 aromatic heterocycles. The maximum Gasteiger partial charge on any atom is 0.128 e. The molecule has 106 valence electrons. The summed E-state index contributed by atoms with van der Waals surface area (Å²) in [6.45, 7) is 9.15. The Morgan fingerprint density at radius 1 is 1.32 bits per heavy atom. The zero-order valence-electron chi connectivity index (χ0n) is 12.5. The molecule has 1 saturated heterocycles. The van der Waals surface area contributed by atoms with E-state index in [9.17, 15) is 0 Å². The van der Waals surface area contributed by atoms with Gasteiger partial charge in [-0.2, -0.15) is 0 Å². The van der Waals surface area contributed by atoms with Gasteiger partial charge >= 0.3 is 0 Å². The minimum Gasteiger partial charge on any atom is -0.357 e. The van der Waals surface area contributed by atoms with E-state index in [0.717, 1.165) is 24.8 Å². The molecule has 1 aromatic rings. The molecule has 0 saturated carbocycles. The number of hydrogen-bond acceptors (Lipinski definition) is 3. The second-order valence-corrected chi connectivity index (χ2v) is 5.79. The highest BCUT2D eigenvalue weighted by atomic mass is 15.2. The monoisotopic (exact) mass is 261 g/mol. The van der Waals surface area contributed by atoms with Gasteiger partial charge in [0.1, 0.15) is 5.82 Å². The third-order valence-corrected chi connectivity index (χ3v) is 4.46. The van der Waals surface area contributed by atoms with Crippen molar-refractivity contribution < 1.29 is 0 Å². The van der Waals surface area contributed by atoms with Crippen LogP contribution in [0.25, 0.3) is 0 Å². The van der Waals surface area contributed by atoms with E-state index in [1.165, 1.54) is 19.3 Å². The van der Waals surface area contributed by atoms with Crippen molar-refractivity contribution in [3.8, 4) is 0 Å². The Morgan fingerprint density at radius 2 is 2.05 bits per heavy atom. The number of rotatable bonds is 5. The molecule has 0 spiro atoms. The zero-order chi connectivity index (χ0) is 13.7. The summed E-state index contributed by atoms with van der Waals surface area (Å²) < 4.78 is 0. The molecular formula is C16H27N3. The van der Waals surface area contributed by atoms with E-state index in [4.69, 9.17) is 0 Å². The first-order chi connectivity index (χ1) is 9.20. The summed E-state index contributed by atoms with van der Waals surface area (Å²) >= 11 is 0. The SMILES string of the molecule is CCC(C)C(C)NC1CCN(c2ccccn2)CC1. The van der Waals surface area contributed by atoms with Gasteiger partial charge in [-0.1, -0.05) is 26.3 Å². The summed E-state index contributed by atoms with van der Waals surface area (Å²) in [4.78, 5) is 6.83. The van der Waals surface area contributed by atoms with Gasteiger partial charge in [0.2, 0.25) is 0 Å². The molecule has 1 aliphatic heterocycles. The molecule has 0 radical (unpaired) electrons. The standard InChI is InChI=1S/C16H27N3/c1-4-13(2)14(3)18-15-8-11-19(12-9-15)16-7-5-6-10-17-16/h5-7,10,13-15,18H,4,8-9,11-12H2,1-3H3. The van der Waals surface area contributed by atoms with Crippen molar-refractivity contribution in [2.75, 3.05) is 18.0 Å². The Morgan fingerprint density at radius 3 is 2.63 bits per heavy atom. The number of nitrogens with zero attached hydrogens (tertiary/aromatic N) is 2. The maximum atomic E-state index is 4.44. The van der Waals surface area contributed by atoms with Crippen LogP contribution in [0.1, 0.15) is 40.0 Å². The van der Waals surface area contributed by atoms with Gasteiger partial charge in [-0.25, -0.2) is 4.98 Å². The maximum absolute atomic E-state index is 4.44. The van der Waals surface area contributed by atoms with Crippen LogP contribution in [0.2, 0.25) is 0 Å². The van der Waals surface area contributed by atoms with Crippen LogP contribution in [0.4, 0.5) is 5.82 Å². The van der Waals surface area contributed by atoms with Crippen LogP contribution in [0, 0.1) is 5.92 Å². The van der Waals surface area contributed by atoms with Crippen molar-refractivity contribution in [1.29, 1.82) is 0 Å². The Hall–Kier alpha value is -1.09. The van der Waals surface area contributed by atoms with Crippen molar-refractivity contribution in [1.82, 2.24) is 10.3 Å². The minimum atomic E-state index is 0.622. The van der Waals surface area contributed by atoms with Crippen molar-refractivity contribution >= 4 is 5.82 Å². The summed E-state index contributed by atoms with van der Waals surface area (Å²) in [5.41, 5.74) is 0. The van der Waals surface area contributed by atoms with E-state index in [1.807, 2.05) is 12.3 Å². The summed E-state index contributed by atoms with van der Waals surface area (Å²) in [6.07, 6.45) is 5.57. The highest BCUT2D eigenvalue weighted by Crippen LogP contribution is 2.18. The largest absolute Gasteiger partial charge is 0.357 e. The predicted octanol–water partition coefficient (Wildman–Crippen LogP) is 3.07. The fourth-order valence-electron chi connectivity index (χ4n) is 2.71. The van der Waals surface area contributed by atoms with Crippen LogP contribution in [0.3, 0.4) is 0 Å². The lowest BCUT2D eigenvalue weighted by atomic mass is 9.97. The van der Waals surface area contributed by atoms with Crippen LogP contribution in [-0.4, -0.2) is 30.2 Å². The van der Waals surface area contributed by atoms with Gasteiger partial charge < -0.3 is 10.2 Å².